The van der Waals surface area contributed by atoms with Gasteiger partial charge in [-0.05, 0) is 27.7 Å². The van der Waals surface area contributed by atoms with Crippen molar-refractivity contribution in [3.63, 3.8) is 0 Å². The molecular weight excluding hydrogens is 367 g/mol. The SMILES string of the molecule is CC(C)Nc1c(C(=O)NCC(F)C(C)(C)O)cnc2cc(-c3ncco3)nn12. The highest BCUT2D eigenvalue weighted by atomic mass is 19.1. The van der Waals surface area contributed by atoms with Gasteiger partial charge in [-0.2, -0.15) is 9.61 Å². The average Bonchev–Trinajstić information content (AvgIpc) is 3.27. The van der Waals surface area contributed by atoms with E-state index in [2.05, 4.69) is 25.7 Å². The number of fused-ring (bicyclic) bond motifs is 1. The van der Waals surface area contributed by atoms with Crippen molar-refractivity contribution in [2.24, 2.45) is 0 Å². The second-order valence-electron chi connectivity index (χ2n) is 7.29. The van der Waals surface area contributed by atoms with E-state index in [1.165, 1.54) is 37.0 Å². The fraction of sp³-hybridized carbons (Fsp3) is 0.444. The maximum atomic E-state index is 14.0. The van der Waals surface area contributed by atoms with Crippen LogP contribution in [0.5, 0.6) is 0 Å². The van der Waals surface area contributed by atoms with Gasteiger partial charge in [-0.25, -0.2) is 14.4 Å². The number of oxazole rings is 1. The monoisotopic (exact) mass is 390 g/mol. The van der Waals surface area contributed by atoms with Crippen LogP contribution in [0.3, 0.4) is 0 Å². The molecule has 3 aromatic heterocycles. The predicted molar refractivity (Wildman–Crippen MR) is 101 cm³/mol. The molecule has 0 aromatic carbocycles. The van der Waals surface area contributed by atoms with Crippen LogP contribution in [0, 0.1) is 0 Å². The summed E-state index contributed by atoms with van der Waals surface area (Å²) >= 11 is 0. The Balaban J connectivity index is 1.96. The molecule has 1 unspecified atom stereocenters. The van der Waals surface area contributed by atoms with Gasteiger partial charge in [0.2, 0.25) is 5.89 Å². The van der Waals surface area contributed by atoms with E-state index in [-0.39, 0.29) is 18.2 Å². The van der Waals surface area contributed by atoms with E-state index in [1.54, 1.807) is 6.07 Å². The number of halogens is 1. The van der Waals surface area contributed by atoms with Gasteiger partial charge in [0.25, 0.3) is 5.91 Å². The molecule has 0 aliphatic carbocycles. The first-order valence-electron chi connectivity index (χ1n) is 8.86. The Morgan fingerprint density at radius 2 is 2.14 bits per heavy atom. The van der Waals surface area contributed by atoms with Gasteiger partial charge in [0.15, 0.2) is 11.3 Å². The molecule has 0 fully saturated rings. The highest BCUT2D eigenvalue weighted by molar-refractivity contribution is 5.99. The molecule has 10 heteroatoms. The van der Waals surface area contributed by atoms with E-state index in [0.717, 1.165) is 0 Å². The largest absolute Gasteiger partial charge is 0.443 e. The van der Waals surface area contributed by atoms with Crippen LogP contribution < -0.4 is 10.6 Å². The van der Waals surface area contributed by atoms with E-state index in [4.69, 9.17) is 4.42 Å². The number of rotatable bonds is 7. The Labute approximate surface area is 161 Å². The van der Waals surface area contributed by atoms with Crippen molar-refractivity contribution in [1.29, 1.82) is 0 Å². The zero-order valence-electron chi connectivity index (χ0n) is 16.1. The van der Waals surface area contributed by atoms with E-state index >= 15 is 0 Å². The van der Waals surface area contributed by atoms with Crippen molar-refractivity contribution in [2.45, 2.75) is 45.5 Å². The summed E-state index contributed by atoms with van der Waals surface area (Å²) in [6.07, 6.45) is 2.73. The number of carbonyl (C=O) groups excluding carboxylic acids is 1. The molecule has 0 aliphatic heterocycles. The van der Waals surface area contributed by atoms with Crippen molar-refractivity contribution >= 4 is 17.4 Å². The molecule has 0 saturated carbocycles. The van der Waals surface area contributed by atoms with Crippen LogP contribution in [0.25, 0.3) is 17.2 Å². The van der Waals surface area contributed by atoms with E-state index < -0.39 is 17.7 Å². The summed E-state index contributed by atoms with van der Waals surface area (Å²) in [6, 6.07) is 1.68. The number of aromatic nitrogens is 4. The number of aliphatic hydroxyl groups is 1. The van der Waals surface area contributed by atoms with Crippen molar-refractivity contribution in [2.75, 3.05) is 11.9 Å². The van der Waals surface area contributed by atoms with Gasteiger partial charge in [-0.15, -0.1) is 0 Å². The molecule has 0 spiro atoms. The molecular formula is C18H23FN6O3. The molecule has 0 saturated heterocycles. The number of anilines is 1. The Morgan fingerprint density at radius 3 is 2.75 bits per heavy atom. The van der Waals surface area contributed by atoms with E-state index in [0.29, 0.717) is 23.0 Å². The fourth-order valence-corrected chi connectivity index (χ4v) is 2.49. The van der Waals surface area contributed by atoms with Crippen LogP contribution in [0.4, 0.5) is 10.2 Å². The minimum absolute atomic E-state index is 0.00293. The van der Waals surface area contributed by atoms with Gasteiger partial charge in [-0.1, -0.05) is 0 Å². The minimum atomic E-state index is -1.61. The molecule has 1 amide bonds. The normalized spacial score (nSPS) is 13.1. The van der Waals surface area contributed by atoms with Crippen molar-refractivity contribution in [3.8, 4) is 11.6 Å². The fourth-order valence-electron chi connectivity index (χ4n) is 2.49. The second-order valence-corrected chi connectivity index (χ2v) is 7.29. The van der Waals surface area contributed by atoms with Crippen LogP contribution in [0.2, 0.25) is 0 Å². The zero-order valence-corrected chi connectivity index (χ0v) is 16.1. The summed E-state index contributed by atoms with van der Waals surface area (Å²) in [6.45, 7) is 6.19. The lowest BCUT2D eigenvalue weighted by Crippen LogP contribution is -2.42. The summed E-state index contributed by atoms with van der Waals surface area (Å²) in [4.78, 5) is 21.0. The Kier molecular flexibility index (Phi) is 5.32. The number of nitrogens with one attached hydrogen (secondary N) is 2. The highest BCUT2D eigenvalue weighted by Crippen LogP contribution is 2.23. The predicted octanol–water partition coefficient (Wildman–Crippen LogP) is 2.04. The van der Waals surface area contributed by atoms with Crippen LogP contribution >= 0.6 is 0 Å². The topological polar surface area (TPSA) is 118 Å². The Bertz CT molecular complexity index is 962. The molecule has 3 aromatic rings. The van der Waals surface area contributed by atoms with Crippen LogP contribution in [0.15, 0.2) is 29.1 Å². The van der Waals surface area contributed by atoms with Gasteiger partial charge < -0.3 is 20.2 Å². The third kappa shape index (κ3) is 4.11. The number of carbonyl (C=O) groups is 1. The first-order chi connectivity index (χ1) is 13.2. The quantitative estimate of drug-likeness (QED) is 0.565. The first kappa shape index (κ1) is 19.7. The van der Waals surface area contributed by atoms with E-state index in [9.17, 15) is 14.3 Å². The summed E-state index contributed by atoms with van der Waals surface area (Å²) in [5.74, 6) is 0.212. The molecule has 0 bridgehead atoms. The minimum Gasteiger partial charge on any atom is -0.443 e. The third-order valence-corrected chi connectivity index (χ3v) is 4.01. The number of nitrogens with zero attached hydrogens (tertiary/aromatic N) is 4. The molecule has 3 heterocycles. The average molecular weight is 390 g/mol. The molecule has 150 valence electrons. The van der Waals surface area contributed by atoms with Crippen LogP contribution in [-0.4, -0.2) is 55.0 Å². The van der Waals surface area contributed by atoms with Crippen molar-refractivity contribution in [3.05, 3.63) is 30.3 Å². The van der Waals surface area contributed by atoms with Crippen LogP contribution in [0.1, 0.15) is 38.1 Å². The molecule has 0 radical (unpaired) electrons. The summed E-state index contributed by atoms with van der Waals surface area (Å²) in [5, 5.41) is 19.8. The lowest BCUT2D eigenvalue weighted by atomic mass is 10.0. The van der Waals surface area contributed by atoms with Crippen molar-refractivity contribution < 1.29 is 18.7 Å². The first-order valence-corrected chi connectivity index (χ1v) is 8.86. The summed E-state index contributed by atoms with van der Waals surface area (Å²) < 4.78 is 20.7. The van der Waals surface area contributed by atoms with Gasteiger partial charge in [0.05, 0.1) is 18.3 Å². The number of alkyl halides is 1. The van der Waals surface area contributed by atoms with Gasteiger partial charge in [0.1, 0.15) is 23.8 Å². The molecule has 3 N–H and O–H groups in total. The number of hydrogen-bond donors (Lipinski definition) is 3. The molecule has 28 heavy (non-hydrogen) atoms. The highest BCUT2D eigenvalue weighted by Gasteiger charge is 2.27. The number of hydrogen-bond acceptors (Lipinski definition) is 7. The third-order valence-electron chi connectivity index (χ3n) is 4.01. The van der Waals surface area contributed by atoms with Crippen molar-refractivity contribution in [1.82, 2.24) is 24.9 Å². The van der Waals surface area contributed by atoms with Gasteiger partial charge in [0, 0.05) is 18.3 Å². The van der Waals surface area contributed by atoms with E-state index in [1.807, 2.05) is 13.8 Å². The molecule has 1 atom stereocenters. The maximum Gasteiger partial charge on any atom is 0.256 e. The lowest BCUT2D eigenvalue weighted by Gasteiger charge is -2.22. The molecule has 0 aliphatic rings. The smallest absolute Gasteiger partial charge is 0.256 e. The lowest BCUT2D eigenvalue weighted by molar-refractivity contribution is -0.00177. The standard InChI is InChI=1S/C18H23FN6O3/c1-10(2)23-15-11(16(26)22-9-13(19)18(3,4)27)8-21-14-7-12(24-25(14)15)17-20-5-6-28-17/h5-8,10,13,23,27H,9H2,1-4H3,(H,22,26). The summed E-state index contributed by atoms with van der Waals surface area (Å²) in [5.41, 5.74) is -0.395. The Morgan fingerprint density at radius 1 is 1.39 bits per heavy atom. The summed E-state index contributed by atoms with van der Waals surface area (Å²) in [7, 11) is 0. The zero-order chi connectivity index (χ0) is 20.5. The van der Waals surface area contributed by atoms with Gasteiger partial charge in [-0.3, -0.25) is 4.79 Å². The van der Waals surface area contributed by atoms with Crippen LogP contribution in [-0.2, 0) is 0 Å². The maximum absolute atomic E-state index is 14.0. The molecule has 3 rings (SSSR count). The van der Waals surface area contributed by atoms with Gasteiger partial charge >= 0.3 is 0 Å². The molecule has 9 nitrogen and oxygen atoms in total. The second kappa shape index (κ2) is 7.55. The Hall–Kier alpha value is -3.01. The number of amides is 1.